The number of hydrogen-bond donors (Lipinski definition) is 1. The third kappa shape index (κ3) is 4.42. The predicted molar refractivity (Wildman–Crippen MR) is 72.7 cm³/mol. The lowest BCUT2D eigenvalue weighted by Gasteiger charge is -2.03. The highest BCUT2D eigenvalue weighted by atomic mass is 16.1. The van der Waals surface area contributed by atoms with Gasteiger partial charge in [0.2, 0.25) is 0 Å². The van der Waals surface area contributed by atoms with Gasteiger partial charge < -0.3 is 5.32 Å². The van der Waals surface area contributed by atoms with Crippen molar-refractivity contribution < 1.29 is 4.79 Å². The summed E-state index contributed by atoms with van der Waals surface area (Å²) in [6.07, 6.45) is 3.56. The quantitative estimate of drug-likeness (QED) is 0.490. The standard InChI is InChI=1S/C15H18N2O/c1-3-4-9-17-15(18)14(11-16)10-13-7-5-12(2)6-8-13/h5-8,10H,3-4,9H2,1-2H3,(H,17,18)/b14-10+. The first-order valence-corrected chi connectivity index (χ1v) is 6.14. The van der Waals surface area contributed by atoms with Gasteiger partial charge in [-0.25, -0.2) is 0 Å². The van der Waals surface area contributed by atoms with E-state index in [1.165, 1.54) is 0 Å². The molecule has 0 saturated heterocycles. The molecule has 0 heterocycles. The first-order chi connectivity index (χ1) is 8.67. The number of benzene rings is 1. The number of unbranched alkanes of at least 4 members (excludes halogenated alkanes) is 1. The zero-order valence-corrected chi connectivity index (χ0v) is 10.9. The normalized spacial score (nSPS) is 10.8. The van der Waals surface area contributed by atoms with Crippen molar-refractivity contribution in [3.63, 3.8) is 0 Å². The van der Waals surface area contributed by atoms with E-state index in [2.05, 4.69) is 12.2 Å². The molecule has 18 heavy (non-hydrogen) atoms. The van der Waals surface area contributed by atoms with Crippen molar-refractivity contribution in [2.45, 2.75) is 26.7 Å². The highest BCUT2D eigenvalue weighted by Crippen LogP contribution is 2.08. The molecule has 0 aliphatic heterocycles. The van der Waals surface area contributed by atoms with E-state index in [4.69, 9.17) is 5.26 Å². The summed E-state index contributed by atoms with van der Waals surface area (Å²) in [6.45, 7) is 4.66. The van der Waals surface area contributed by atoms with E-state index in [0.29, 0.717) is 6.54 Å². The molecule has 0 aliphatic rings. The van der Waals surface area contributed by atoms with E-state index in [1.807, 2.05) is 37.3 Å². The summed E-state index contributed by atoms with van der Waals surface area (Å²) >= 11 is 0. The number of rotatable bonds is 5. The molecule has 0 radical (unpaired) electrons. The van der Waals surface area contributed by atoms with Crippen LogP contribution in [-0.4, -0.2) is 12.5 Å². The molecule has 3 heteroatoms. The smallest absolute Gasteiger partial charge is 0.261 e. The monoisotopic (exact) mass is 242 g/mol. The Balaban J connectivity index is 2.74. The number of nitrogens with zero attached hydrogens (tertiary/aromatic N) is 1. The molecule has 94 valence electrons. The van der Waals surface area contributed by atoms with Crippen LogP contribution in [0.5, 0.6) is 0 Å². The van der Waals surface area contributed by atoms with Crippen molar-refractivity contribution in [3.8, 4) is 6.07 Å². The molecule has 0 spiro atoms. The van der Waals surface area contributed by atoms with Crippen LogP contribution >= 0.6 is 0 Å². The number of hydrogen-bond acceptors (Lipinski definition) is 2. The van der Waals surface area contributed by atoms with Gasteiger partial charge in [0.15, 0.2) is 0 Å². The number of nitriles is 1. The SMILES string of the molecule is CCCCNC(=O)/C(C#N)=C/c1ccc(C)cc1. The van der Waals surface area contributed by atoms with E-state index in [0.717, 1.165) is 24.0 Å². The van der Waals surface area contributed by atoms with Gasteiger partial charge in [-0.1, -0.05) is 43.2 Å². The van der Waals surface area contributed by atoms with E-state index in [9.17, 15) is 4.79 Å². The molecule has 0 unspecified atom stereocenters. The van der Waals surface area contributed by atoms with E-state index >= 15 is 0 Å². The molecular formula is C15H18N2O. The Hall–Kier alpha value is -2.08. The number of aryl methyl sites for hydroxylation is 1. The lowest BCUT2D eigenvalue weighted by Crippen LogP contribution is -2.25. The van der Waals surface area contributed by atoms with Gasteiger partial charge in [-0.15, -0.1) is 0 Å². The van der Waals surface area contributed by atoms with Crippen molar-refractivity contribution in [1.82, 2.24) is 5.32 Å². The third-order valence-corrected chi connectivity index (χ3v) is 2.57. The Morgan fingerprint density at radius 3 is 2.61 bits per heavy atom. The van der Waals surface area contributed by atoms with Gasteiger partial charge in [0.1, 0.15) is 11.6 Å². The molecule has 0 aliphatic carbocycles. The zero-order valence-electron chi connectivity index (χ0n) is 10.9. The van der Waals surface area contributed by atoms with E-state index < -0.39 is 0 Å². The van der Waals surface area contributed by atoms with Crippen LogP contribution in [0.4, 0.5) is 0 Å². The van der Waals surface area contributed by atoms with Crippen LogP contribution in [-0.2, 0) is 4.79 Å². The number of amides is 1. The largest absolute Gasteiger partial charge is 0.351 e. The maximum atomic E-state index is 11.7. The predicted octanol–water partition coefficient (Wildman–Crippen LogP) is 2.82. The van der Waals surface area contributed by atoms with Gasteiger partial charge in [-0.3, -0.25) is 4.79 Å². The molecule has 0 bridgehead atoms. The summed E-state index contributed by atoms with van der Waals surface area (Å²) in [4.78, 5) is 11.7. The second-order valence-corrected chi connectivity index (χ2v) is 4.19. The van der Waals surface area contributed by atoms with Crippen molar-refractivity contribution in [3.05, 3.63) is 41.0 Å². The number of carbonyl (C=O) groups is 1. The molecule has 0 atom stereocenters. The first kappa shape index (κ1) is 14.0. The zero-order chi connectivity index (χ0) is 13.4. The minimum absolute atomic E-state index is 0.148. The molecular weight excluding hydrogens is 224 g/mol. The number of carbonyl (C=O) groups excluding carboxylic acids is 1. The fourth-order valence-electron chi connectivity index (χ4n) is 1.45. The molecule has 1 aromatic carbocycles. The molecule has 0 fully saturated rings. The van der Waals surface area contributed by atoms with Crippen molar-refractivity contribution in [2.75, 3.05) is 6.54 Å². The summed E-state index contributed by atoms with van der Waals surface area (Å²) in [7, 11) is 0. The van der Waals surface area contributed by atoms with Crippen molar-refractivity contribution >= 4 is 12.0 Å². The minimum atomic E-state index is -0.300. The summed E-state index contributed by atoms with van der Waals surface area (Å²) in [6, 6.07) is 9.64. The average molecular weight is 242 g/mol. The van der Waals surface area contributed by atoms with Crippen LogP contribution in [0.2, 0.25) is 0 Å². The molecule has 0 aromatic heterocycles. The van der Waals surface area contributed by atoms with Crippen LogP contribution in [0.25, 0.3) is 6.08 Å². The molecule has 1 N–H and O–H groups in total. The van der Waals surface area contributed by atoms with Crippen molar-refractivity contribution in [1.29, 1.82) is 5.26 Å². The maximum Gasteiger partial charge on any atom is 0.261 e. The Labute approximate surface area is 108 Å². The van der Waals surface area contributed by atoms with Crippen LogP contribution in [0, 0.1) is 18.3 Å². The molecule has 1 aromatic rings. The molecule has 1 rings (SSSR count). The van der Waals surface area contributed by atoms with Crippen LogP contribution in [0.1, 0.15) is 30.9 Å². The summed E-state index contributed by atoms with van der Waals surface area (Å²) in [5.41, 5.74) is 2.16. The summed E-state index contributed by atoms with van der Waals surface area (Å²) in [5.74, 6) is -0.300. The van der Waals surface area contributed by atoms with Gasteiger partial charge in [-0.05, 0) is 25.0 Å². The van der Waals surface area contributed by atoms with Gasteiger partial charge in [0, 0.05) is 6.54 Å². The lowest BCUT2D eigenvalue weighted by atomic mass is 10.1. The second kappa shape index (κ2) is 7.29. The summed E-state index contributed by atoms with van der Waals surface area (Å²) in [5, 5.41) is 11.7. The highest BCUT2D eigenvalue weighted by Gasteiger charge is 2.07. The third-order valence-electron chi connectivity index (χ3n) is 2.57. The Bertz CT molecular complexity index is 466. The lowest BCUT2D eigenvalue weighted by molar-refractivity contribution is -0.117. The second-order valence-electron chi connectivity index (χ2n) is 4.19. The van der Waals surface area contributed by atoms with Gasteiger partial charge in [0.25, 0.3) is 5.91 Å². The van der Waals surface area contributed by atoms with Crippen LogP contribution in [0.3, 0.4) is 0 Å². The fraction of sp³-hybridized carbons (Fsp3) is 0.333. The Kier molecular flexibility index (Phi) is 5.66. The topological polar surface area (TPSA) is 52.9 Å². The fourth-order valence-corrected chi connectivity index (χ4v) is 1.45. The summed E-state index contributed by atoms with van der Waals surface area (Å²) < 4.78 is 0. The average Bonchev–Trinajstić information content (AvgIpc) is 2.38. The Morgan fingerprint density at radius 2 is 2.06 bits per heavy atom. The van der Waals surface area contributed by atoms with E-state index in [-0.39, 0.29) is 11.5 Å². The van der Waals surface area contributed by atoms with Crippen molar-refractivity contribution in [2.24, 2.45) is 0 Å². The maximum absolute atomic E-state index is 11.7. The highest BCUT2D eigenvalue weighted by molar-refractivity contribution is 6.01. The van der Waals surface area contributed by atoms with Gasteiger partial charge in [-0.2, -0.15) is 5.26 Å². The molecule has 0 saturated carbocycles. The molecule has 1 amide bonds. The number of nitrogens with one attached hydrogen (secondary N) is 1. The van der Waals surface area contributed by atoms with Crippen LogP contribution in [0.15, 0.2) is 29.8 Å². The van der Waals surface area contributed by atoms with E-state index in [1.54, 1.807) is 6.08 Å². The minimum Gasteiger partial charge on any atom is -0.351 e. The van der Waals surface area contributed by atoms with Crippen LogP contribution < -0.4 is 5.32 Å². The van der Waals surface area contributed by atoms with Gasteiger partial charge >= 0.3 is 0 Å². The first-order valence-electron chi connectivity index (χ1n) is 6.14. The molecule has 3 nitrogen and oxygen atoms in total. The van der Waals surface area contributed by atoms with Gasteiger partial charge in [0.05, 0.1) is 0 Å². The Morgan fingerprint density at radius 1 is 1.39 bits per heavy atom.